The lowest BCUT2D eigenvalue weighted by molar-refractivity contribution is 0.0486. The van der Waals surface area contributed by atoms with E-state index in [1.54, 1.807) is 17.3 Å². The molecule has 0 atom stereocenters. The minimum Gasteiger partial charge on any atom is -0.321 e. The molecule has 27 heavy (non-hydrogen) atoms. The number of amides is 2. The van der Waals surface area contributed by atoms with Crippen molar-refractivity contribution in [1.82, 2.24) is 14.8 Å². The number of urea groups is 1. The van der Waals surface area contributed by atoms with Gasteiger partial charge in [-0.15, -0.1) is 0 Å². The number of halogens is 2. The number of anilines is 1. The van der Waals surface area contributed by atoms with Gasteiger partial charge in [0, 0.05) is 50.7 Å². The Hall–Kier alpha value is -2.54. The summed E-state index contributed by atoms with van der Waals surface area (Å²) in [4.78, 5) is 20.4. The molecule has 5 nitrogen and oxygen atoms in total. The molecule has 0 aliphatic carbocycles. The second kappa shape index (κ2) is 8.43. The van der Waals surface area contributed by atoms with Crippen LogP contribution >= 0.6 is 0 Å². The average molecular weight is 374 g/mol. The van der Waals surface area contributed by atoms with Crippen molar-refractivity contribution in [2.45, 2.75) is 26.4 Å². The zero-order chi connectivity index (χ0) is 19.4. The Morgan fingerprint density at radius 3 is 2.59 bits per heavy atom. The molecular formula is C20H24F2N4O. The maximum Gasteiger partial charge on any atom is 0.322 e. The van der Waals surface area contributed by atoms with Crippen LogP contribution in [0.15, 0.2) is 42.7 Å². The standard InChI is InChI=1S/C20H24F2N4O/c1-14(2)10-25(11-15-5-7-23-8-6-15)17-12-26(13-17)20(27)24-19-4-3-16(21)9-18(19)22/h3-9,14,17H,10-13H2,1-2H3,(H,24,27). The number of rotatable bonds is 6. The summed E-state index contributed by atoms with van der Waals surface area (Å²) in [5.41, 5.74) is 1.17. The molecule has 0 spiro atoms. The fourth-order valence-corrected chi connectivity index (χ4v) is 3.17. The Labute approximate surface area is 158 Å². The average Bonchev–Trinajstić information content (AvgIpc) is 2.56. The van der Waals surface area contributed by atoms with Gasteiger partial charge in [0.25, 0.3) is 0 Å². The lowest BCUT2D eigenvalue weighted by atomic mass is 10.0. The van der Waals surface area contributed by atoms with E-state index >= 15 is 0 Å². The summed E-state index contributed by atoms with van der Waals surface area (Å²) in [6.45, 7) is 7.21. The first-order valence-electron chi connectivity index (χ1n) is 9.06. The molecule has 0 bridgehead atoms. The van der Waals surface area contributed by atoms with Crippen molar-refractivity contribution >= 4 is 11.7 Å². The first-order valence-corrected chi connectivity index (χ1v) is 9.06. The number of pyridine rings is 1. The Morgan fingerprint density at radius 2 is 1.96 bits per heavy atom. The molecule has 0 saturated carbocycles. The third-order valence-corrected chi connectivity index (χ3v) is 4.57. The van der Waals surface area contributed by atoms with Crippen LogP contribution in [0.1, 0.15) is 19.4 Å². The molecule has 0 unspecified atom stereocenters. The van der Waals surface area contributed by atoms with Gasteiger partial charge in [-0.25, -0.2) is 13.6 Å². The van der Waals surface area contributed by atoms with Crippen LogP contribution in [0, 0.1) is 17.6 Å². The number of carbonyl (C=O) groups is 1. The van der Waals surface area contributed by atoms with Crippen LogP contribution in [0.25, 0.3) is 0 Å². The zero-order valence-corrected chi connectivity index (χ0v) is 15.5. The SMILES string of the molecule is CC(C)CN(Cc1ccncc1)C1CN(C(=O)Nc2ccc(F)cc2F)C1. The van der Waals surface area contributed by atoms with Crippen LogP contribution in [-0.4, -0.2) is 46.5 Å². The van der Waals surface area contributed by atoms with Gasteiger partial charge >= 0.3 is 6.03 Å². The lowest BCUT2D eigenvalue weighted by Gasteiger charge is -2.45. The van der Waals surface area contributed by atoms with Gasteiger partial charge in [-0.2, -0.15) is 0 Å². The molecule has 0 radical (unpaired) electrons. The van der Waals surface area contributed by atoms with Crippen LogP contribution in [0.4, 0.5) is 19.3 Å². The van der Waals surface area contributed by atoms with E-state index in [0.29, 0.717) is 19.0 Å². The van der Waals surface area contributed by atoms with Crippen LogP contribution in [-0.2, 0) is 6.54 Å². The van der Waals surface area contributed by atoms with E-state index in [0.717, 1.165) is 25.2 Å². The molecule has 7 heteroatoms. The molecule has 1 aliphatic heterocycles. The van der Waals surface area contributed by atoms with Gasteiger partial charge in [-0.3, -0.25) is 9.88 Å². The van der Waals surface area contributed by atoms with E-state index in [4.69, 9.17) is 0 Å². The zero-order valence-electron chi connectivity index (χ0n) is 15.5. The number of likely N-dealkylation sites (tertiary alicyclic amines) is 1. The number of benzene rings is 1. The quantitative estimate of drug-likeness (QED) is 0.838. The third kappa shape index (κ3) is 5.01. The van der Waals surface area contributed by atoms with Gasteiger partial charge in [0.05, 0.1) is 5.69 Å². The summed E-state index contributed by atoms with van der Waals surface area (Å²) in [6.07, 6.45) is 3.56. The van der Waals surface area contributed by atoms with Gasteiger partial charge < -0.3 is 10.2 Å². The van der Waals surface area contributed by atoms with Gasteiger partial charge in [-0.1, -0.05) is 13.8 Å². The van der Waals surface area contributed by atoms with Crippen molar-refractivity contribution < 1.29 is 13.6 Å². The van der Waals surface area contributed by atoms with E-state index in [1.165, 1.54) is 11.6 Å². The molecule has 2 amide bonds. The van der Waals surface area contributed by atoms with Crippen molar-refractivity contribution in [3.05, 3.63) is 59.9 Å². The molecule has 1 N–H and O–H groups in total. The lowest BCUT2D eigenvalue weighted by Crippen LogP contribution is -2.62. The second-order valence-electron chi connectivity index (χ2n) is 7.29. The van der Waals surface area contributed by atoms with E-state index < -0.39 is 11.6 Å². The predicted molar refractivity (Wildman–Crippen MR) is 100 cm³/mol. The molecule has 1 fully saturated rings. The summed E-state index contributed by atoms with van der Waals surface area (Å²) in [6, 6.07) is 6.98. The highest BCUT2D eigenvalue weighted by Gasteiger charge is 2.35. The highest BCUT2D eigenvalue weighted by Crippen LogP contribution is 2.21. The van der Waals surface area contributed by atoms with Crippen LogP contribution in [0.2, 0.25) is 0 Å². The molecule has 2 aromatic rings. The van der Waals surface area contributed by atoms with Gasteiger partial charge in [0.1, 0.15) is 11.6 Å². The smallest absolute Gasteiger partial charge is 0.321 e. The molecular weight excluding hydrogens is 350 g/mol. The van der Waals surface area contributed by atoms with Crippen LogP contribution in [0.3, 0.4) is 0 Å². The summed E-state index contributed by atoms with van der Waals surface area (Å²) in [5.74, 6) is -0.947. The molecule has 1 saturated heterocycles. The number of aromatic nitrogens is 1. The number of nitrogens with zero attached hydrogens (tertiary/aromatic N) is 3. The van der Waals surface area contributed by atoms with Crippen LogP contribution < -0.4 is 5.32 Å². The summed E-state index contributed by atoms with van der Waals surface area (Å²) in [7, 11) is 0. The summed E-state index contributed by atoms with van der Waals surface area (Å²) < 4.78 is 26.7. The van der Waals surface area contributed by atoms with Crippen molar-refractivity contribution in [3.63, 3.8) is 0 Å². The highest BCUT2D eigenvalue weighted by atomic mass is 19.1. The summed E-state index contributed by atoms with van der Waals surface area (Å²) >= 11 is 0. The third-order valence-electron chi connectivity index (χ3n) is 4.57. The second-order valence-corrected chi connectivity index (χ2v) is 7.29. The minimum atomic E-state index is -0.778. The Balaban J connectivity index is 1.57. The number of hydrogen-bond donors (Lipinski definition) is 1. The number of hydrogen-bond acceptors (Lipinski definition) is 3. The topological polar surface area (TPSA) is 48.5 Å². The minimum absolute atomic E-state index is 0.0133. The molecule has 2 heterocycles. The normalized spacial score (nSPS) is 14.5. The predicted octanol–water partition coefficient (Wildman–Crippen LogP) is 3.73. The fraction of sp³-hybridized carbons (Fsp3) is 0.400. The molecule has 3 rings (SSSR count). The van der Waals surface area contributed by atoms with Crippen molar-refractivity contribution in [2.75, 3.05) is 25.0 Å². The molecule has 1 aromatic carbocycles. The largest absolute Gasteiger partial charge is 0.322 e. The fourth-order valence-electron chi connectivity index (χ4n) is 3.17. The van der Waals surface area contributed by atoms with Gasteiger partial charge in [0.2, 0.25) is 0 Å². The maximum absolute atomic E-state index is 13.7. The van der Waals surface area contributed by atoms with Gasteiger partial charge in [0.15, 0.2) is 0 Å². The molecule has 1 aromatic heterocycles. The van der Waals surface area contributed by atoms with E-state index in [-0.39, 0.29) is 17.8 Å². The van der Waals surface area contributed by atoms with E-state index in [2.05, 4.69) is 29.0 Å². The Morgan fingerprint density at radius 1 is 1.26 bits per heavy atom. The monoisotopic (exact) mass is 374 g/mol. The van der Waals surface area contributed by atoms with Gasteiger partial charge in [-0.05, 0) is 35.7 Å². The van der Waals surface area contributed by atoms with E-state index in [9.17, 15) is 13.6 Å². The first kappa shape index (κ1) is 19.2. The van der Waals surface area contributed by atoms with Crippen molar-refractivity contribution in [3.8, 4) is 0 Å². The van der Waals surface area contributed by atoms with Crippen molar-refractivity contribution in [2.24, 2.45) is 5.92 Å². The maximum atomic E-state index is 13.7. The first-order chi connectivity index (χ1) is 12.9. The number of carbonyl (C=O) groups excluding carboxylic acids is 1. The summed E-state index contributed by atoms with van der Waals surface area (Å²) in [5, 5.41) is 2.51. The Bertz CT molecular complexity index is 779. The Kier molecular flexibility index (Phi) is 6.01. The van der Waals surface area contributed by atoms with Crippen molar-refractivity contribution in [1.29, 1.82) is 0 Å². The molecule has 144 valence electrons. The van der Waals surface area contributed by atoms with Crippen LogP contribution in [0.5, 0.6) is 0 Å². The molecule has 1 aliphatic rings. The van der Waals surface area contributed by atoms with E-state index in [1.807, 2.05) is 12.1 Å². The highest BCUT2D eigenvalue weighted by molar-refractivity contribution is 5.90. The number of nitrogens with one attached hydrogen (secondary N) is 1.